The number of hydrogen-bond donors (Lipinski definition) is 1. The van der Waals surface area contributed by atoms with Crippen LogP contribution in [-0.4, -0.2) is 18.6 Å². The number of aromatic nitrogens is 1. The Morgan fingerprint density at radius 3 is 2.94 bits per heavy atom. The van der Waals surface area contributed by atoms with E-state index in [9.17, 15) is 0 Å². The first-order valence-electron chi connectivity index (χ1n) is 6.02. The van der Waals surface area contributed by atoms with Gasteiger partial charge in [-0.15, -0.1) is 11.3 Å². The molecule has 0 aliphatic rings. The van der Waals surface area contributed by atoms with Crippen molar-refractivity contribution in [3.8, 4) is 5.75 Å². The summed E-state index contributed by atoms with van der Waals surface area (Å²) in [4.78, 5) is 4.26. The van der Waals surface area contributed by atoms with Crippen molar-refractivity contribution in [2.45, 2.75) is 19.9 Å². The topological polar surface area (TPSA) is 34.1 Å². The molecule has 0 fully saturated rings. The molecule has 0 spiro atoms. The number of thiazole rings is 1. The van der Waals surface area contributed by atoms with E-state index in [0.717, 1.165) is 25.3 Å². The first-order valence-corrected chi connectivity index (χ1v) is 6.90. The zero-order chi connectivity index (χ0) is 12.8. The molecule has 1 aromatic heterocycles. The fourth-order valence-electron chi connectivity index (χ4n) is 1.85. The summed E-state index contributed by atoms with van der Waals surface area (Å²) < 4.78 is 5.25. The van der Waals surface area contributed by atoms with Crippen molar-refractivity contribution in [2.24, 2.45) is 0 Å². The molecule has 96 valence electrons. The average Bonchev–Trinajstić information content (AvgIpc) is 2.88. The van der Waals surface area contributed by atoms with E-state index < -0.39 is 0 Å². The van der Waals surface area contributed by atoms with E-state index in [1.807, 2.05) is 17.6 Å². The lowest BCUT2D eigenvalue weighted by Crippen LogP contribution is -2.16. The van der Waals surface area contributed by atoms with Crippen molar-refractivity contribution >= 4 is 11.3 Å². The molecule has 18 heavy (non-hydrogen) atoms. The zero-order valence-corrected chi connectivity index (χ0v) is 11.6. The Morgan fingerprint density at radius 1 is 1.39 bits per heavy atom. The predicted molar refractivity (Wildman–Crippen MR) is 75.3 cm³/mol. The number of methoxy groups -OCH3 is 1. The van der Waals surface area contributed by atoms with Crippen LogP contribution in [0.15, 0.2) is 29.8 Å². The Bertz CT molecular complexity index is 483. The molecule has 0 aliphatic carbocycles. The Balaban J connectivity index is 1.78. The van der Waals surface area contributed by atoms with Crippen LogP contribution in [0.2, 0.25) is 0 Å². The largest absolute Gasteiger partial charge is 0.496 e. The number of rotatable bonds is 6. The fourth-order valence-corrected chi connectivity index (χ4v) is 2.48. The molecule has 2 rings (SSSR count). The van der Waals surface area contributed by atoms with E-state index in [-0.39, 0.29) is 0 Å². The number of aryl methyl sites for hydroxylation is 1. The van der Waals surface area contributed by atoms with Gasteiger partial charge in [-0.3, -0.25) is 0 Å². The number of nitrogens with one attached hydrogen (secondary N) is 1. The van der Waals surface area contributed by atoms with Crippen LogP contribution in [0.4, 0.5) is 0 Å². The minimum absolute atomic E-state index is 0.885. The van der Waals surface area contributed by atoms with Crippen LogP contribution in [0.25, 0.3) is 0 Å². The van der Waals surface area contributed by atoms with Gasteiger partial charge >= 0.3 is 0 Å². The molecule has 0 unspecified atom stereocenters. The van der Waals surface area contributed by atoms with Gasteiger partial charge in [0.05, 0.1) is 12.1 Å². The highest BCUT2D eigenvalue weighted by molar-refractivity contribution is 7.09. The predicted octanol–water partition coefficient (Wildman–Crippen LogP) is 2.79. The van der Waals surface area contributed by atoms with E-state index in [4.69, 9.17) is 4.74 Å². The lowest BCUT2D eigenvalue weighted by Gasteiger charge is -2.08. The van der Waals surface area contributed by atoms with Crippen molar-refractivity contribution in [2.75, 3.05) is 13.7 Å². The van der Waals surface area contributed by atoms with Gasteiger partial charge in [0.15, 0.2) is 0 Å². The van der Waals surface area contributed by atoms with Gasteiger partial charge in [-0.05, 0) is 24.1 Å². The van der Waals surface area contributed by atoms with Gasteiger partial charge < -0.3 is 10.1 Å². The minimum atomic E-state index is 0.885. The Kier molecular flexibility index (Phi) is 4.73. The van der Waals surface area contributed by atoms with Crippen LogP contribution in [0.1, 0.15) is 16.1 Å². The Hall–Kier alpha value is -1.39. The highest BCUT2D eigenvalue weighted by Crippen LogP contribution is 2.18. The van der Waals surface area contributed by atoms with Crippen molar-refractivity contribution in [3.63, 3.8) is 0 Å². The third-order valence-corrected chi connectivity index (χ3v) is 3.63. The molecule has 0 saturated heterocycles. The van der Waals surface area contributed by atoms with Crippen molar-refractivity contribution in [1.29, 1.82) is 0 Å². The van der Waals surface area contributed by atoms with Crippen LogP contribution in [0.3, 0.4) is 0 Å². The van der Waals surface area contributed by atoms with Gasteiger partial charge in [-0.1, -0.05) is 12.1 Å². The molecule has 0 atom stereocenters. The van der Waals surface area contributed by atoms with E-state index in [1.54, 1.807) is 18.4 Å². The molecule has 0 radical (unpaired) electrons. The monoisotopic (exact) mass is 262 g/mol. The van der Waals surface area contributed by atoms with E-state index in [0.29, 0.717) is 0 Å². The summed E-state index contributed by atoms with van der Waals surface area (Å²) in [5.41, 5.74) is 2.46. The Morgan fingerprint density at radius 2 is 2.28 bits per heavy atom. The molecule has 2 aromatic rings. The van der Waals surface area contributed by atoms with Gasteiger partial charge in [-0.25, -0.2) is 4.98 Å². The summed E-state index contributed by atoms with van der Waals surface area (Å²) >= 11 is 1.71. The van der Waals surface area contributed by atoms with Crippen molar-refractivity contribution in [3.05, 3.63) is 45.9 Å². The molecule has 0 bridgehead atoms. The minimum Gasteiger partial charge on any atom is -0.496 e. The smallest absolute Gasteiger partial charge is 0.121 e. The van der Waals surface area contributed by atoms with Crippen LogP contribution in [-0.2, 0) is 13.0 Å². The molecule has 0 aliphatic heterocycles. The average molecular weight is 262 g/mol. The molecule has 0 amide bonds. The zero-order valence-electron chi connectivity index (χ0n) is 10.8. The summed E-state index contributed by atoms with van der Waals surface area (Å²) in [5.74, 6) is 0.946. The lowest BCUT2D eigenvalue weighted by atomic mass is 10.1. The highest BCUT2D eigenvalue weighted by Gasteiger charge is 2.00. The van der Waals surface area contributed by atoms with E-state index >= 15 is 0 Å². The van der Waals surface area contributed by atoms with Gasteiger partial charge in [0.2, 0.25) is 0 Å². The van der Waals surface area contributed by atoms with Crippen LogP contribution >= 0.6 is 11.3 Å². The Labute approximate surface area is 112 Å². The quantitative estimate of drug-likeness (QED) is 0.813. The summed E-state index contributed by atoms with van der Waals surface area (Å²) in [7, 11) is 1.70. The van der Waals surface area contributed by atoms with Gasteiger partial charge in [0, 0.05) is 31.1 Å². The maximum Gasteiger partial charge on any atom is 0.121 e. The molecule has 1 aromatic carbocycles. The van der Waals surface area contributed by atoms with E-state index in [2.05, 4.69) is 29.4 Å². The second kappa shape index (κ2) is 6.52. The molecular formula is C14H18N2OS. The van der Waals surface area contributed by atoms with Gasteiger partial charge in [0.25, 0.3) is 0 Å². The number of nitrogens with zero attached hydrogens (tertiary/aromatic N) is 1. The highest BCUT2D eigenvalue weighted by atomic mass is 32.1. The normalized spacial score (nSPS) is 10.6. The van der Waals surface area contributed by atoms with Gasteiger partial charge in [-0.2, -0.15) is 0 Å². The van der Waals surface area contributed by atoms with Crippen LogP contribution in [0, 0.1) is 6.92 Å². The van der Waals surface area contributed by atoms with E-state index in [1.165, 1.54) is 16.1 Å². The molecule has 0 saturated carbocycles. The molecule has 3 nitrogen and oxygen atoms in total. The molecule has 1 heterocycles. The molecular weight excluding hydrogens is 244 g/mol. The lowest BCUT2D eigenvalue weighted by molar-refractivity contribution is 0.411. The SMILES string of the molecule is COc1ccc(CNCCc2nccs2)cc1C. The number of ether oxygens (including phenoxy) is 1. The van der Waals surface area contributed by atoms with Crippen molar-refractivity contribution in [1.82, 2.24) is 10.3 Å². The van der Waals surface area contributed by atoms with Crippen LogP contribution < -0.4 is 10.1 Å². The first kappa shape index (κ1) is 13.1. The fraction of sp³-hybridized carbons (Fsp3) is 0.357. The summed E-state index contributed by atoms with van der Waals surface area (Å²) in [5, 5.41) is 6.63. The van der Waals surface area contributed by atoms with Crippen LogP contribution in [0.5, 0.6) is 5.75 Å². The maximum absolute atomic E-state index is 5.25. The summed E-state index contributed by atoms with van der Waals surface area (Å²) in [6.45, 7) is 3.91. The molecule has 4 heteroatoms. The second-order valence-corrected chi connectivity index (χ2v) is 5.14. The third kappa shape index (κ3) is 3.55. The third-order valence-electron chi connectivity index (χ3n) is 2.79. The second-order valence-electron chi connectivity index (χ2n) is 4.16. The maximum atomic E-state index is 5.25. The summed E-state index contributed by atoms with van der Waals surface area (Å²) in [6, 6.07) is 6.28. The number of benzene rings is 1. The van der Waals surface area contributed by atoms with Crippen molar-refractivity contribution < 1.29 is 4.74 Å². The number of hydrogen-bond acceptors (Lipinski definition) is 4. The standard InChI is InChI=1S/C14H18N2OS/c1-11-9-12(3-4-13(11)17-2)10-15-6-5-14-16-7-8-18-14/h3-4,7-9,15H,5-6,10H2,1-2H3. The molecule has 1 N–H and O–H groups in total. The summed E-state index contributed by atoms with van der Waals surface area (Å²) in [6.07, 6.45) is 2.85. The first-order chi connectivity index (χ1) is 8.79. The van der Waals surface area contributed by atoms with Gasteiger partial charge in [0.1, 0.15) is 5.75 Å².